The summed E-state index contributed by atoms with van der Waals surface area (Å²) in [7, 11) is 0. The highest BCUT2D eigenvalue weighted by atomic mass is 16.5. The molecule has 0 saturated heterocycles. The van der Waals surface area contributed by atoms with Crippen LogP contribution in [-0.2, 0) is 4.74 Å². The lowest BCUT2D eigenvalue weighted by molar-refractivity contribution is 0.275. The number of allylic oxidation sites excluding steroid dienone is 1. The third-order valence-corrected chi connectivity index (χ3v) is 1.76. The summed E-state index contributed by atoms with van der Waals surface area (Å²) < 4.78 is 5.47. The molecule has 1 N–H and O–H groups in total. The van der Waals surface area contributed by atoms with Gasteiger partial charge in [-0.2, -0.15) is 0 Å². The fraction of sp³-hybridized carbons (Fsp3) is 0.364. The second-order valence-corrected chi connectivity index (χ2v) is 2.93. The first-order valence-electron chi connectivity index (χ1n) is 4.76. The van der Waals surface area contributed by atoms with Gasteiger partial charge in [0.15, 0.2) is 0 Å². The van der Waals surface area contributed by atoms with Crippen LogP contribution in [0.15, 0.2) is 29.1 Å². The number of hydrogen-bond donors (Lipinski definition) is 1. The molecule has 1 aromatic rings. The smallest absolute Gasteiger partial charge is 0.248 e. The van der Waals surface area contributed by atoms with Gasteiger partial charge < -0.3 is 9.72 Å². The summed E-state index contributed by atoms with van der Waals surface area (Å²) in [4.78, 5) is 13.8. The lowest BCUT2D eigenvalue weighted by Gasteiger charge is -2.08. The van der Waals surface area contributed by atoms with Gasteiger partial charge in [0.2, 0.25) is 5.56 Å². The zero-order valence-corrected chi connectivity index (χ0v) is 8.54. The first-order valence-corrected chi connectivity index (χ1v) is 4.76. The summed E-state index contributed by atoms with van der Waals surface area (Å²) >= 11 is 0. The van der Waals surface area contributed by atoms with Crippen molar-refractivity contribution in [2.24, 2.45) is 0 Å². The predicted octanol–water partition coefficient (Wildman–Crippen LogP) is 2.16. The van der Waals surface area contributed by atoms with E-state index in [0.717, 1.165) is 17.9 Å². The van der Waals surface area contributed by atoms with E-state index in [1.54, 1.807) is 6.07 Å². The van der Waals surface area contributed by atoms with Crippen molar-refractivity contribution in [3.05, 3.63) is 40.3 Å². The summed E-state index contributed by atoms with van der Waals surface area (Å²) in [6, 6.07) is 5.02. The summed E-state index contributed by atoms with van der Waals surface area (Å²) in [5.74, 6) is 0.726. The molecule has 0 radical (unpaired) electrons. The van der Waals surface area contributed by atoms with Crippen LogP contribution in [0.25, 0.3) is 5.76 Å². The normalized spacial score (nSPS) is 11.4. The molecule has 0 fully saturated rings. The Morgan fingerprint density at radius 2 is 2.36 bits per heavy atom. The first-order chi connectivity index (χ1) is 6.77. The van der Waals surface area contributed by atoms with Crippen LogP contribution in [0.3, 0.4) is 0 Å². The van der Waals surface area contributed by atoms with Crippen LogP contribution in [0.4, 0.5) is 0 Å². The van der Waals surface area contributed by atoms with Crippen molar-refractivity contribution in [3.8, 4) is 0 Å². The minimum Gasteiger partial charge on any atom is -0.492 e. The van der Waals surface area contributed by atoms with Gasteiger partial charge in [0.05, 0.1) is 12.3 Å². The number of ether oxygens (including phenoxy) is 1. The van der Waals surface area contributed by atoms with Crippen LogP contribution >= 0.6 is 0 Å². The zero-order chi connectivity index (χ0) is 10.4. The minimum atomic E-state index is -0.109. The summed E-state index contributed by atoms with van der Waals surface area (Å²) in [6.07, 6.45) is 2.80. The summed E-state index contributed by atoms with van der Waals surface area (Å²) in [5, 5.41) is 0. The molecular weight excluding hydrogens is 178 g/mol. The quantitative estimate of drug-likeness (QED) is 0.744. The third-order valence-electron chi connectivity index (χ3n) is 1.76. The highest BCUT2D eigenvalue weighted by molar-refractivity contribution is 5.55. The molecule has 0 aromatic carbocycles. The van der Waals surface area contributed by atoms with Crippen LogP contribution in [0.2, 0.25) is 0 Å². The number of aromatic nitrogens is 1. The van der Waals surface area contributed by atoms with Crippen molar-refractivity contribution < 1.29 is 4.74 Å². The maximum Gasteiger partial charge on any atom is 0.248 e. The molecule has 1 rings (SSSR count). The van der Waals surface area contributed by atoms with Crippen molar-refractivity contribution in [3.63, 3.8) is 0 Å². The molecule has 0 atom stereocenters. The Hall–Kier alpha value is -1.51. The highest BCUT2D eigenvalue weighted by Crippen LogP contribution is 2.11. The van der Waals surface area contributed by atoms with Gasteiger partial charge in [-0.25, -0.2) is 0 Å². The molecule has 3 heteroatoms. The van der Waals surface area contributed by atoms with Gasteiger partial charge in [0.1, 0.15) is 5.76 Å². The number of nitrogens with one attached hydrogen (secondary N) is 1. The number of H-pyrrole nitrogens is 1. The van der Waals surface area contributed by atoms with Gasteiger partial charge >= 0.3 is 0 Å². The Kier molecular flexibility index (Phi) is 3.98. The Labute approximate surface area is 83.4 Å². The molecule has 1 aromatic heterocycles. The van der Waals surface area contributed by atoms with E-state index in [-0.39, 0.29) is 5.56 Å². The molecule has 0 aliphatic rings. The van der Waals surface area contributed by atoms with Crippen molar-refractivity contribution in [1.82, 2.24) is 4.98 Å². The summed E-state index contributed by atoms with van der Waals surface area (Å²) in [5.41, 5.74) is 0.621. The van der Waals surface area contributed by atoms with E-state index >= 15 is 0 Å². The molecule has 3 nitrogen and oxygen atoms in total. The Balaban J connectivity index is 2.85. The van der Waals surface area contributed by atoms with Gasteiger partial charge in [0, 0.05) is 6.07 Å². The highest BCUT2D eigenvalue weighted by Gasteiger charge is 2.00. The lowest BCUT2D eigenvalue weighted by Crippen LogP contribution is -2.07. The Morgan fingerprint density at radius 3 is 2.93 bits per heavy atom. The van der Waals surface area contributed by atoms with E-state index in [9.17, 15) is 4.79 Å². The van der Waals surface area contributed by atoms with Gasteiger partial charge in [-0.05, 0) is 25.5 Å². The third kappa shape index (κ3) is 2.76. The molecule has 76 valence electrons. The number of hydrogen-bond acceptors (Lipinski definition) is 2. The molecule has 14 heavy (non-hydrogen) atoms. The van der Waals surface area contributed by atoms with Crippen molar-refractivity contribution in [1.29, 1.82) is 0 Å². The van der Waals surface area contributed by atoms with Crippen LogP contribution in [0, 0.1) is 0 Å². The van der Waals surface area contributed by atoms with Gasteiger partial charge in [0.25, 0.3) is 0 Å². The molecule has 0 unspecified atom stereocenters. The molecule has 1 heterocycles. The van der Waals surface area contributed by atoms with Gasteiger partial charge in [-0.1, -0.05) is 13.0 Å². The van der Waals surface area contributed by atoms with Crippen molar-refractivity contribution in [2.75, 3.05) is 6.61 Å². The molecule has 0 saturated carbocycles. The monoisotopic (exact) mass is 193 g/mol. The SMILES string of the molecule is CC=C(OCCC)c1cccc(=O)[nH]1. The van der Waals surface area contributed by atoms with E-state index in [2.05, 4.69) is 4.98 Å². The average molecular weight is 193 g/mol. The fourth-order valence-electron chi connectivity index (χ4n) is 1.12. The zero-order valence-electron chi connectivity index (χ0n) is 8.54. The van der Waals surface area contributed by atoms with Crippen LogP contribution in [-0.4, -0.2) is 11.6 Å². The van der Waals surface area contributed by atoms with E-state index in [0.29, 0.717) is 6.61 Å². The molecular formula is C11H15NO2. The van der Waals surface area contributed by atoms with E-state index in [1.165, 1.54) is 6.07 Å². The van der Waals surface area contributed by atoms with E-state index in [1.807, 2.05) is 26.0 Å². The standard InChI is InChI=1S/C11H15NO2/c1-3-8-14-10(4-2)9-6-5-7-11(13)12-9/h4-7H,3,8H2,1-2H3,(H,12,13). The van der Waals surface area contributed by atoms with Crippen LogP contribution < -0.4 is 5.56 Å². The molecule has 0 amide bonds. The Bertz CT molecular complexity index is 366. The van der Waals surface area contributed by atoms with E-state index in [4.69, 9.17) is 4.74 Å². The summed E-state index contributed by atoms with van der Waals surface area (Å²) in [6.45, 7) is 4.59. The molecule has 0 spiro atoms. The number of pyridine rings is 1. The van der Waals surface area contributed by atoms with Crippen molar-refractivity contribution >= 4 is 5.76 Å². The molecule has 0 bridgehead atoms. The van der Waals surface area contributed by atoms with Gasteiger partial charge in [-0.3, -0.25) is 4.79 Å². The Morgan fingerprint density at radius 1 is 1.57 bits per heavy atom. The number of rotatable bonds is 4. The average Bonchev–Trinajstić information content (AvgIpc) is 2.19. The minimum absolute atomic E-state index is 0.109. The van der Waals surface area contributed by atoms with Crippen LogP contribution in [0.1, 0.15) is 26.0 Å². The van der Waals surface area contributed by atoms with E-state index < -0.39 is 0 Å². The first kappa shape index (κ1) is 10.6. The molecule has 0 aliphatic heterocycles. The maximum atomic E-state index is 11.0. The topological polar surface area (TPSA) is 42.1 Å². The van der Waals surface area contributed by atoms with Crippen LogP contribution in [0.5, 0.6) is 0 Å². The predicted molar refractivity (Wildman–Crippen MR) is 57.0 cm³/mol. The van der Waals surface area contributed by atoms with Crippen molar-refractivity contribution in [2.45, 2.75) is 20.3 Å². The molecule has 0 aliphatic carbocycles. The fourth-order valence-corrected chi connectivity index (χ4v) is 1.12. The lowest BCUT2D eigenvalue weighted by atomic mass is 10.3. The maximum absolute atomic E-state index is 11.0. The number of aromatic amines is 1. The van der Waals surface area contributed by atoms with Gasteiger partial charge in [-0.15, -0.1) is 0 Å². The largest absolute Gasteiger partial charge is 0.492 e. The second-order valence-electron chi connectivity index (χ2n) is 2.93. The second kappa shape index (κ2) is 5.27.